The standard InChI is InChI=1S/C21H24N2O3/c1-26-19-10-6-5-9-18(19)21(25)22-14-17-13-20(24)23(15-17)12-11-16-7-3-2-4-8-16/h2-10,17H,11-15H2,1H3,(H,22,25). The van der Waals surface area contributed by atoms with E-state index in [1.807, 2.05) is 35.2 Å². The lowest BCUT2D eigenvalue weighted by atomic mass is 10.1. The van der Waals surface area contributed by atoms with Crippen LogP contribution in [0, 0.1) is 5.92 Å². The van der Waals surface area contributed by atoms with E-state index in [4.69, 9.17) is 4.74 Å². The lowest BCUT2D eigenvalue weighted by molar-refractivity contribution is -0.127. The first kappa shape index (κ1) is 18.0. The van der Waals surface area contributed by atoms with E-state index in [2.05, 4.69) is 17.4 Å². The molecule has 1 fully saturated rings. The quantitative estimate of drug-likeness (QED) is 0.833. The molecule has 2 aromatic rings. The van der Waals surface area contributed by atoms with Crippen molar-refractivity contribution in [2.75, 3.05) is 26.7 Å². The van der Waals surface area contributed by atoms with Crippen LogP contribution < -0.4 is 10.1 Å². The van der Waals surface area contributed by atoms with Gasteiger partial charge in [-0.2, -0.15) is 0 Å². The van der Waals surface area contributed by atoms with Crippen molar-refractivity contribution in [3.8, 4) is 5.75 Å². The molecule has 1 unspecified atom stereocenters. The van der Waals surface area contributed by atoms with Gasteiger partial charge in [-0.25, -0.2) is 0 Å². The number of methoxy groups -OCH3 is 1. The predicted molar refractivity (Wildman–Crippen MR) is 100 cm³/mol. The molecular formula is C21H24N2O3. The Hall–Kier alpha value is -2.82. The van der Waals surface area contributed by atoms with E-state index >= 15 is 0 Å². The van der Waals surface area contributed by atoms with Gasteiger partial charge in [0, 0.05) is 32.0 Å². The van der Waals surface area contributed by atoms with Gasteiger partial charge in [0.2, 0.25) is 5.91 Å². The summed E-state index contributed by atoms with van der Waals surface area (Å²) in [7, 11) is 1.55. The predicted octanol–water partition coefficient (Wildman–Crippen LogP) is 2.52. The van der Waals surface area contributed by atoms with Crippen LogP contribution in [-0.2, 0) is 11.2 Å². The highest BCUT2D eigenvalue weighted by Crippen LogP contribution is 2.19. The van der Waals surface area contributed by atoms with Gasteiger partial charge in [-0.05, 0) is 24.1 Å². The zero-order chi connectivity index (χ0) is 18.4. The van der Waals surface area contributed by atoms with Gasteiger partial charge in [-0.1, -0.05) is 42.5 Å². The van der Waals surface area contributed by atoms with E-state index in [0.717, 1.165) is 13.0 Å². The fraction of sp³-hybridized carbons (Fsp3) is 0.333. The van der Waals surface area contributed by atoms with Crippen molar-refractivity contribution in [2.24, 2.45) is 5.92 Å². The summed E-state index contributed by atoms with van der Waals surface area (Å²) in [5, 5.41) is 2.93. The van der Waals surface area contributed by atoms with Crippen LogP contribution in [0.3, 0.4) is 0 Å². The highest BCUT2D eigenvalue weighted by Gasteiger charge is 2.29. The molecular weight excluding hydrogens is 328 g/mol. The highest BCUT2D eigenvalue weighted by atomic mass is 16.5. The maximum Gasteiger partial charge on any atom is 0.255 e. The number of nitrogens with zero attached hydrogens (tertiary/aromatic N) is 1. The van der Waals surface area contributed by atoms with Crippen LogP contribution in [-0.4, -0.2) is 43.5 Å². The van der Waals surface area contributed by atoms with E-state index in [1.165, 1.54) is 5.56 Å². The largest absolute Gasteiger partial charge is 0.496 e. The molecule has 1 N–H and O–H groups in total. The molecule has 1 aliphatic rings. The number of carbonyl (C=O) groups excluding carboxylic acids is 2. The number of likely N-dealkylation sites (tertiary alicyclic amines) is 1. The van der Waals surface area contributed by atoms with Gasteiger partial charge in [-0.15, -0.1) is 0 Å². The molecule has 0 aromatic heterocycles. The van der Waals surface area contributed by atoms with E-state index in [9.17, 15) is 9.59 Å². The summed E-state index contributed by atoms with van der Waals surface area (Å²) >= 11 is 0. The second kappa shape index (κ2) is 8.52. The topological polar surface area (TPSA) is 58.6 Å². The average Bonchev–Trinajstić information content (AvgIpc) is 3.05. The fourth-order valence-corrected chi connectivity index (χ4v) is 3.28. The molecule has 0 spiro atoms. The van der Waals surface area contributed by atoms with Crippen LogP contribution in [0.2, 0.25) is 0 Å². The maximum absolute atomic E-state index is 12.4. The van der Waals surface area contributed by atoms with Crippen molar-refractivity contribution in [3.05, 3.63) is 65.7 Å². The minimum absolute atomic E-state index is 0.150. The number of para-hydroxylation sites is 1. The number of rotatable bonds is 7. The first-order valence-electron chi connectivity index (χ1n) is 8.90. The van der Waals surface area contributed by atoms with Gasteiger partial charge in [-0.3, -0.25) is 9.59 Å². The molecule has 1 atom stereocenters. The van der Waals surface area contributed by atoms with Crippen LogP contribution in [0.25, 0.3) is 0 Å². The lowest BCUT2D eigenvalue weighted by Crippen LogP contribution is -2.32. The lowest BCUT2D eigenvalue weighted by Gasteiger charge is -2.17. The summed E-state index contributed by atoms with van der Waals surface area (Å²) in [4.78, 5) is 26.5. The Labute approximate surface area is 154 Å². The minimum Gasteiger partial charge on any atom is -0.496 e. The zero-order valence-corrected chi connectivity index (χ0v) is 15.0. The van der Waals surface area contributed by atoms with Crippen LogP contribution in [0.4, 0.5) is 0 Å². The number of amides is 2. The Bertz CT molecular complexity index is 761. The first-order chi connectivity index (χ1) is 12.7. The summed E-state index contributed by atoms with van der Waals surface area (Å²) in [5.41, 5.74) is 1.74. The Morgan fingerprint density at radius 1 is 1.15 bits per heavy atom. The van der Waals surface area contributed by atoms with Crippen LogP contribution >= 0.6 is 0 Å². The number of ether oxygens (including phenoxy) is 1. The highest BCUT2D eigenvalue weighted by molar-refractivity contribution is 5.96. The SMILES string of the molecule is COc1ccccc1C(=O)NCC1CC(=O)N(CCc2ccccc2)C1. The van der Waals surface area contributed by atoms with Gasteiger partial charge in [0.15, 0.2) is 0 Å². The minimum atomic E-state index is -0.169. The average molecular weight is 352 g/mol. The number of nitrogens with one attached hydrogen (secondary N) is 1. The number of hydrogen-bond acceptors (Lipinski definition) is 3. The van der Waals surface area contributed by atoms with Gasteiger partial charge < -0.3 is 15.0 Å². The molecule has 5 nitrogen and oxygen atoms in total. The van der Waals surface area contributed by atoms with Crippen molar-refractivity contribution >= 4 is 11.8 Å². The summed E-state index contributed by atoms with van der Waals surface area (Å²) < 4.78 is 5.22. The second-order valence-corrected chi connectivity index (χ2v) is 6.56. The summed E-state index contributed by atoms with van der Waals surface area (Å²) in [6.07, 6.45) is 1.34. The monoisotopic (exact) mass is 352 g/mol. The molecule has 0 saturated carbocycles. The van der Waals surface area contributed by atoms with Gasteiger partial charge in [0.25, 0.3) is 5.91 Å². The molecule has 1 saturated heterocycles. The zero-order valence-electron chi connectivity index (χ0n) is 15.0. The Morgan fingerprint density at radius 2 is 1.88 bits per heavy atom. The first-order valence-corrected chi connectivity index (χ1v) is 8.90. The summed E-state index contributed by atoms with van der Waals surface area (Å²) in [5.74, 6) is 0.698. The molecule has 136 valence electrons. The normalized spacial score (nSPS) is 16.6. The molecule has 0 bridgehead atoms. The molecule has 1 aliphatic heterocycles. The van der Waals surface area contributed by atoms with Crippen molar-refractivity contribution in [3.63, 3.8) is 0 Å². The van der Waals surface area contributed by atoms with E-state index in [-0.39, 0.29) is 17.7 Å². The van der Waals surface area contributed by atoms with Gasteiger partial charge >= 0.3 is 0 Å². The molecule has 5 heteroatoms. The van der Waals surface area contributed by atoms with E-state index in [0.29, 0.717) is 30.8 Å². The Kier molecular flexibility index (Phi) is 5.89. The fourth-order valence-electron chi connectivity index (χ4n) is 3.28. The summed E-state index contributed by atoms with van der Waals surface area (Å²) in [6.45, 7) is 1.90. The van der Waals surface area contributed by atoms with Crippen LogP contribution in [0.15, 0.2) is 54.6 Å². The van der Waals surface area contributed by atoms with Gasteiger partial charge in [0.1, 0.15) is 5.75 Å². The Balaban J connectivity index is 1.49. The van der Waals surface area contributed by atoms with Crippen molar-refractivity contribution in [1.82, 2.24) is 10.2 Å². The van der Waals surface area contributed by atoms with Crippen molar-refractivity contribution in [2.45, 2.75) is 12.8 Å². The van der Waals surface area contributed by atoms with Crippen molar-refractivity contribution in [1.29, 1.82) is 0 Å². The third kappa shape index (κ3) is 4.42. The third-order valence-electron chi connectivity index (χ3n) is 4.71. The smallest absolute Gasteiger partial charge is 0.255 e. The molecule has 0 aliphatic carbocycles. The molecule has 26 heavy (non-hydrogen) atoms. The number of benzene rings is 2. The molecule has 2 aromatic carbocycles. The maximum atomic E-state index is 12.4. The molecule has 0 radical (unpaired) electrons. The van der Waals surface area contributed by atoms with E-state index < -0.39 is 0 Å². The van der Waals surface area contributed by atoms with Crippen LogP contribution in [0.1, 0.15) is 22.3 Å². The molecule has 2 amide bonds. The van der Waals surface area contributed by atoms with Crippen LogP contribution in [0.5, 0.6) is 5.75 Å². The second-order valence-electron chi connectivity index (χ2n) is 6.56. The number of carbonyl (C=O) groups is 2. The van der Waals surface area contributed by atoms with Gasteiger partial charge in [0.05, 0.1) is 12.7 Å². The Morgan fingerprint density at radius 3 is 2.65 bits per heavy atom. The number of hydrogen-bond donors (Lipinski definition) is 1. The van der Waals surface area contributed by atoms with E-state index in [1.54, 1.807) is 19.2 Å². The molecule has 3 rings (SSSR count). The molecule has 1 heterocycles. The summed E-state index contributed by atoms with van der Waals surface area (Å²) in [6, 6.07) is 17.3. The third-order valence-corrected chi connectivity index (χ3v) is 4.71. The van der Waals surface area contributed by atoms with Crippen molar-refractivity contribution < 1.29 is 14.3 Å².